The minimum atomic E-state index is -0.522. The molecule has 7 heteroatoms. The summed E-state index contributed by atoms with van der Waals surface area (Å²) in [5.41, 5.74) is 0.772. The Morgan fingerprint density at radius 2 is 1.73 bits per heavy atom. The van der Waals surface area contributed by atoms with Gasteiger partial charge in [-0.2, -0.15) is 0 Å². The summed E-state index contributed by atoms with van der Waals surface area (Å²) in [7, 11) is 0. The number of benzene rings is 2. The van der Waals surface area contributed by atoms with Crippen molar-refractivity contribution in [2.75, 3.05) is 5.32 Å². The first-order valence-corrected chi connectivity index (χ1v) is 7.77. The Morgan fingerprint density at radius 3 is 2.50 bits per heavy atom. The van der Waals surface area contributed by atoms with Gasteiger partial charge in [-0.3, -0.25) is 9.78 Å². The van der Waals surface area contributed by atoms with E-state index in [1.165, 1.54) is 29.0 Å². The highest BCUT2D eigenvalue weighted by Crippen LogP contribution is 2.20. The maximum atomic E-state index is 13.6. The Bertz CT molecular complexity index is 1160. The minimum absolute atomic E-state index is 0.150. The average Bonchev–Trinajstić information content (AvgIpc) is 2.63. The van der Waals surface area contributed by atoms with Crippen LogP contribution in [0, 0.1) is 11.6 Å². The lowest BCUT2D eigenvalue weighted by molar-refractivity contribution is 0.622. The van der Waals surface area contributed by atoms with E-state index in [0.717, 1.165) is 12.3 Å². The quantitative estimate of drug-likeness (QED) is 0.610. The molecule has 4 rings (SSSR count). The zero-order valence-electron chi connectivity index (χ0n) is 13.4. The summed E-state index contributed by atoms with van der Waals surface area (Å²) in [4.78, 5) is 21.2. The highest BCUT2D eigenvalue weighted by molar-refractivity contribution is 5.80. The SMILES string of the molecule is O=c1c2cc(F)ccc2nc(Nc2cncc(F)c2)n1-c1ccccc1. The second kappa shape index (κ2) is 6.36. The van der Waals surface area contributed by atoms with Crippen molar-refractivity contribution in [3.05, 3.63) is 89.0 Å². The van der Waals surface area contributed by atoms with Gasteiger partial charge in [0.15, 0.2) is 0 Å². The van der Waals surface area contributed by atoms with E-state index in [2.05, 4.69) is 15.3 Å². The van der Waals surface area contributed by atoms with Crippen LogP contribution in [0.25, 0.3) is 16.6 Å². The first-order valence-electron chi connectivity index (χ1n) is 7.77. The molecule has 128 valence electrons. The maximum Gasteiger partial charge on any atom is 0.267 e. The number of anilines is 2. The van der Waals surface area contributed by atoms with Crippen LogP contribution in [0.5, 0.6) is 0 Å². The molecule has 0 aliphatic rings. The van der Waals surface area contributed by atoms with Crippen molar-refractivity contribution in [3.8, 4) is 5.69 Å². The third-order valence-corrected chi connectivity index (χ3v) is 3.81. The zero-order chi connectivity index (χ0) is 18.1. The van der Waals surface area contributed by atoms with Crippen molar-refractivity contribution < 1.29 is 8.78 Å². The monoisotopic (exact) mass is 350 g/mol. The molecule has 2 aromatic heterocycles. The molecule has 0 spiro atoms. The molecule has 0 aliphatic heterocycles. The summed E-state index contributed by atoms with van der Waals surface area (Å²) in [6, 6.07) is 13.8. The molecule has 0 amide bonds. The molecular formula is C19H12F2N4O. The molecule has 0 aliphatic carbocycles. The van der Waals surface area contributed by atoms with Crippen LogP contribution in [0.3, 0.4) is 0 Å². The van der Waals surface area contributed by atoms with Gasteiger partial charge in [0.1, 0.15) is 11.6 Å². The highest BCUT2D eigenvalue weighted by Gasteiger charge is 2.14. The first kappa shape index (κ1) is 15.9. The van der Waals surface area contributed by atoms with E-state index in [4.69, 9.17) is 0 Å². The van der Waals surface area contributed by atoms with Gasteiger partial charge in [0.05, 0.1) is 34.7 Å². The number of hydrogen-bond acceptors (Lipinski definition) is 4. The van der Waals surface area contributed by atoms with Gasteiger partial charge in [0.2, 0.25) is 5.95 Å². The molecule has 5 nitrogen and oxygen atoms in total. The number of fused-ring (bicyclic) bond motifs is 1. The second-order valence-corrected chi connectivity index (χ2v) is 5.59. The molecule has 1 N–H and O–H groups in total. The smallest absolute Gasteiger partial charge is 0.267 e. The van der Waals surface area contributed by atoms with Crippen LogP contribution in [-0.2, 0) is 0 Å². The minimum Gasteiger partial charge on any atom is -0.324 e. The summed E-state index contributed by atoms with van der Waals surface area (Å²) in [6.45, 7) is 0. The molecule has 0 unspecified atom stereocenters. The molecule has 2 heterocycles. The van der Waals surface area contributed by atoms with E-state index in [1.807, 2.05) is 6.07 Å². The van der Waals surface area contributed by atoms with E-state index in [-0.39, 0.29) is 11.3 Å². The van der Waals surface area contributed by atoms with Crippen molar-refractivity contribution in [1.82, 2.24) is 14.5 Å². The number of rotatable bonds is 3. The summed E-state index contributed by atoms with van der Waals surface area (Å²) >= 11 is 0. The number of nitrogens with one attached hydrogen (secondary N) is 1. The van der Waals surface area contributed by atoms with Gasteiger partial charge < -0.3 is 5.32 Å². The van der Waals surface area contributed by atoms with Gasteiger partial charge in [0, 0.05) is 6.07 Å². The standard InChI is InChI=1S/C19H12F2N4O/c20-12-6-7-17-16(9-12)18(26)25(15-4-2-1-3-5-15)19(24-17)23-14-8-13(21)10-22-11-14/h1-11H,(H,23,24). The van der Waals surface area contributed by atoms with Crippen LogP contribution >= 0.6 is 0 Å². The maximum absolute atomic E-state index is 13.6. The van der Waals surface area contributed by atoms with Gasteiger partial charge >= 0.3 is 0 Å². The Labute approximate surface area is 146 Å². The molecule has 0 radical (unpaired) electrons. The van der Waals surface area contributed by atoms with Crippen LogP contribution in [0.1, 0.15) is 0 Å². The Hall–Kier alpha value is -3.61. The van der Waals surface area contributed by atoms with E-state index < -0.39 is 17.2 Å². The topological polar surface area (TPSA) is 59.8 Å². The number of aromatic nitrogens is 3. The van der Waals surface area contributed by atoms with Crippen LogP contribution in [0.15, 0.2) is 71.8 Å². The summed E-state index contributed by atoms with van der Waals surface area (Å²) < 4.78 is 28.4. The third-order valence-electron chi connectivity index (χ3n) is 3.81. The largest absolute Gasteiger partial charge is 0.324 e. The second-order valence-electron chi connectivity index (χ2n) is 5.59. The summed E-state index contributed by atoms with van der Waals surface area (Å²) in [5, 5.41) is 3.06. The predicted molar refractivity (Wildman–Crippen MR) is 94.8 cm³/mol. The van der Waals surface area contributed by atoms with Gasteiger partial charge in [-0.15, -0.1) is 0 Å². The highest BCUT2D eigenvalue weighted by atomic mass is 19.1. The Morgan fingerprint density at radius 1 is 0.923 bits per heavy atom. The van der Waals surface area contributed by atoms with E-state index in [0.29, 0.717) is 16.9 Å². The zero-order valence-corrected chi connectivity index (χ0v) is 13.4. The molecule has 0 saturated heterocycles. The molecule has 0 bridgehead atoms. The number of hydrogen-bond donors (Lipinski definition) is 1. The van der Waals surface area contributed by atoms with Gasteiger partial charge in [0.25, 0.3) is 5.56 Å². The van der Waals surface area contributed by atoms with Crippen molar-refractivity contribution in [2.24, 2.45) is 0 Å². The normalized spacial score (nSPS) is 10.8. The van der Waals surface area contributed by atoms with Crippen LogP contribution in [-0.4, -0.2) is 14.5 Å². The molecule has 0 atom stereocenters. The lowest BCUT2D eigenvalue weighted by Crippen LogP contribution is -2.23. The third kappa shape index (κ3) is 2.90. The van der Waals surface area contributed by atoms with E-state index >= 15 is 0 Å². The molecule has 2 aromatic carbocycles. The molecule has 0 saturated carbocycles. The van der Waals surface area contributed by atoms with E-state index in [1.54, 1.807) is 24.3 Å². The van der Waals surface area contributed by atoms with E-state index in [9.17, 15) is 13.6 Å². The van der Waals surface area contributed by atoms with Crippen molar-refractivity contribution in [1.29, 1.82) is 0 Å². The Kier molecular flexibility index (Phi) is 3.89. The lowest BCUT2D eigenvalue weighted by Gasteiger charge is -2.15. The predicted octanol–water partition coefficient (Wildman–Crippen LogP) is 3.80. The van der Waals surface area contributed by atoms with Crippen LogP contribution in [0.2, 0.25) is 0 Å². The molecule has 26 heavy (non-hydrogen) atoms. The fourth-order valence-corrected chi connectivity index (χ4v) is 2.67. The summed E-state index contributed by atoms with van der Waals surface area (Å²) in [6.07, 6.45) is 2.49. The lowest BCUT2D eigenvalue weighted by atomic mass is 10.2. The fourth-order valence-electron chi connectivity index (χ4n) is 2.67. The fraction of sp³-hybridized carbons (Fsp3) is 0. The van der Waals surface area contributed by atoms with Crippen molar-refractivity contribution >= 4 is 22.5 Å². The van der Waals surface area contributed by atoms with Gasteiger partial charge in [-0.25, -0.2) is 18.3 Å². The first-order chi connectivity index (χ1) is 12.6. The summed E-state index contributed by atoms with van der Waals surface area (Å²) in [5.74, 6) is -0.870. The molecule has 4 aromatic rings. The Balaban J connectivity index is 1.98. The van der Waals surface area contributed by atoms with Crippen molar-refractivity contribution in [2.45, 2.75) is 0 Å². The van der Waals surface area contributed by atoms with Crippen LogP contribution in [0.4, 0.5) is 20.4 Å². The van der Waals surface area contributed by atoms with Crippen LogP contribution < -0.4 is 10.9 Å². The molecular weight excluding hydrogens is 338 g/mol. The number of halogens is 2. The number of nitrogens with zero attached hydrogens (tertiary/aromatic N) is 3. The average molecular weight is 350 g/mol. The van der Waals surface area contributed by atoms with Gasteiger partial charge in [-0.1, -0.05) is 18.2 Å². The number of pyridine rings is 1. The van der Waals surface area contributed by atoms with Gasteiger partial charge in [-0.05, 0) is 30.3 Å². The van der Waals surface area contributed by atoms with Crippen molar-refractivity contribution in [3.63, 3.8) is 0 Å². The number of para-hydroxylation sites is 1. The molecule has 0 fully saturated rings.